The summed E-state index contributed by atoms with van der Waals surface area (Å²) < 4.78 is 5.12. The molecule has 0 radical (unpaired) electrons. The third kappa shape index (κ3) is 2.77. The summed E-state index contributed by atoms with van der Waals surface area (Å²) in [5.41, 5.74) is 0. The number of thiophene rings is 1. The van der Waals surface area contributed by atoms with Gasteiger partial charge in [0.05, 0.1) is 6.10 Å². The summed E-state index contributed by atoms with van der Waals surface area (Å²) >= 11 is 1.56. The lowest BCUT2D eigenvalue weighted by molar-refractivity contribution is -0.147. The molecule has 1 fully saturated rings. The molecule has 1 saturated heterocycles. The van der Waals surface area contributed by atoms with E-state index in [-0.39, 0.29) is 12.0 Å². The van der Waals surface area contributed by atoms with Crippen molar-refractivity contribution in [2.75, 3.05) is 6.54 Å². The minimum absolute atomic E-state index is 0.278. The second-order valence-electron chi connectivity index (χ2n) is 3.54. The molecule has 1 aromatic heterocycles. The molecule has 2 heterocycles. The number of carbonyl (C=O) groups excluding carboxylic acids is 1. The van der Waals surface area contributed by atoms with Gasteiger partial charge in [0, 0.05) is 17.8 Å². The molecule has 1 aromatic rings. The molecule has 5 heteroatoms. The molecule has 1 aliphatic heterocycles. The molecule has 0 saturated carbocycles. The largest absolute Gasteiger partial charge is 0.459 e. The van der Waals surface area contributed by atoms with Crippen molar-refractivity contribution in [3.8, 4) is 0 Å². The highest BCUT2D eigenvalue weighted by molar-refractivity contribution is 7.09. The molecule has 2 N–H and O–H groups in total. The van der Waals surface area contributed by atoms with Gasteiger partial charge < -0.3 is 15.2 Å². The van der Waals surface area contributed by atoms with Crippen LogP contribution in [0, 0.1) is 0 Å². The van der Waals surface area contributed by atoms with Crippen LogP contribution in [0.4, 0.5) is 0 Å². The van der Waals surface area contributed by atoms with Gasteiger partial charge in [-0.2, -0.15) is 0 Å². The Balaban J connectivity index is 1.78. The van der Waals surface area contributed by atoms with Gasteiger partial charge in [0.15, 0.2) is 0 Å². The van der Waals surface area contributed by atoms with E-state index in [1.165, 1.54) is 0 Å². The second kappa shape index (κ2) is 4.74. The van der Waals surface area contributed by atoms with Crippen LogP contribution in [-0.2, 0) is 16.1 Å². The minimum Gasteiger partial charge on any atom is -0.459 e. The van der Waals surface area contributed by atoms with Crippen molar-refractivity contribution < 1.29 is 14.6 Å². The SMILES string of the molecule is O=C(OCc1cccs1)[C@@H]1C[C@H](O)CN1. The normalized spacial score (nSPS) is 25.4. The monoisotopic (exact) mass is 227 g/mol. The molecular formula is C10H13NO3S. The van der Waals surface area contributed by atoms with Gasteiger partial charge in [-0.05, 0) is 11.4 Å². The van der Waals surface area contributed by atoms with Crippen LogP contribution in [0.25, 0.3) is 0 Å². The number of rotatable bonds is 3. The van der Waals surface area contributed by atoms with E-state index in [1.807, 2.05) is 17.5 Å². The number of aliphatic hydroxyl groups excluding tert-OH is 1. The predicted octanol–water partition coefficient (Wildman–Crippen LogP) is 0.514. The molecule has 1 aliphatic rings. The van der Waals surface area contributed by atoms with Crippen LogP contribution < -0.4 is 5.32 Å². The van der Waals surface area contributed by atoms with Crippen LogP contribution >= 0.6 is 11.3 Å². The van der Waals surface area contributed by atoms with Gasteiger partial charge in [-0.15, -0.1) is 11.3 Å². The van der Waals surface area contributed by atoms with Crippen molar-refractivity contribution in [1.82, 2.24) is 5.32 Å². The Labute approximate surface area is 91.9 Å². The lowest BCUT2D eigenvalue weighted by Gasteiger charge is -2.08. The standard InChI is InChI=1S/C10H13NO3S/c12-7-4-9(11-5-7)10(13)14-6-8-2-1-3-15-8/h1-3,7,9,11-12H,4-6H2/t7-,9-/m0/s1. The van der Waals surface area contributed by atoms with Crippen LogP contribution in [0.1, 0.15) is 11.3 Å². The highest BCUT2D eigenvalue weighted by atomic mass is 32.1. The first kappa shape index (κ1) is 10.6. The molecule has 0 spiro atoms. The number of esters is 1. The molecular weight excluding hydrogens is 214 g/mol. The van der Waals surface area contributed by atoms with Crippen LogP contribution in [0.5, 0.6) is 0 Å². The molecule has 0 aromatic carbocycles. The summed E-state index contributed by atoms with van der Waals surface area (Å²) in [6.45, 7) is 0.795. The van der Waals surface area contributed by atoms with Gasteiger partial charge >= 0.3 is 5.97 Å². The number of hydrogen-bond donors (Lipinski definition) is 2. The van der Waals surface area contributed by atoms with Crippen molar-refractivity contribution >= 4 is 17.3 Å². The fraction of sp³-hybridized carbons (Fsp3) is 0.500. The first-order valence-electron chi connectivity index (χ1n) is 4.86. The highest BCUT2D eigenvalue weighted by Gasteiger charge is 2.29. The Morgan fingerprint density at radius 1 is 1.73 bits per heavy atom. The van der Waals surface area contributed by atoms with Crippen molar-refractivity contribution in [1.29, 1.82) is 0 Å². The number of carbonyl (C=O) groups is 1. The summed E-state index contributed by atoms with van der Waals surface area (Å²) in [6.07, 6.45) is 0.0211. The molecule has 0 aliphatic carbocycles. The van der Waals surface area contributed by atoms with Crippen LogP contribution in [0.2, 0.25) is 0 Å². The number of aliphatic hydroxyl groups is 1. The first-order valence-corrected chi connectivity index (χ1v) is 5.74. The highest BCUT2D eigenvalue weighted by Crippen LogP contribution is 2.12. The van der Waals surface area contributed by atoms with Crippen molar-refractivity contribution in [2.24, 2.45) is 0 Å². The summed E-state index contributed by atoms with van der Waals surface area (Å²) in [5, 5.41) is 14.1. The maximum absolute atomic E-state index is 11.5. The average molecular weight is 227 g/mol. The zero-order valence-corrected chi connectivity index (χ0v) is 9.00. The minimum atomic E-state index is -0.427. The number of hydrogen-bond acceptors (Lipinski definition) is 5. The smallest absolute Gasteiger partial charge is 0.323 e. The van der Waals surface area contributed by atoms with Crippen molar-refractivity contribution in [3.63, 3.8) is 0 Å². The quantitative estimate of drug-likeness (QED) is 0.739. The van der Waals surface area contributed by atoms with Gasteiger partial charge in [-0.3, -0.25) is 4.79 Å². The number of nitrogens with one attached hydrogen (secondary N) is 1. The molecule has 82 valence electrons. The molecule has 0 amide bonds. The van der Waals surface area contributed by atoms with Crippen LogP contribution in [0.15, 0.2) is 17.5 Å². The van der Waals surface area contributed by atoms with E-state index in [0.29, 0.717) is 19.6 Å². The van der Waals surface area contributed by atoms with Gasteiger partial charge in [0.25, 0.3) is 0 Å². The number of ether oxygens (including phenoxy) is 1. The van der Waals surface area contributed by atoms with E-state index in [2.05, 4.69) is 5.32 Å². The van der Waals surface area contributed by atoms with E-state index in [4.69, 9.17) is 4.74 Å². The molecule has 2 rings (SSSR count). The molecule has 15 heavy (non-hydrogen) atoms. The summed E-state index contributed by atoms with van der Waals surface area (Å²) in [4.78, 5) is 12.5. The zero-order chi connectivity index (χ0) is 10.7. The van der Waals surface area contributed by atoms with Gasteiger partial charge in [0.1, 0.15) is 12.6 Å². The Hall–Kier alpha value is -0.910. The van der Waals surface area contributed by atoms with Crippen LogP contribution in [-0.4, -0.2) is 29.8 Å². The second-order valence-corrected chi connectivity index (χ2v) is 4.57. The lowest BCUT2D eigenvalue weighted by atomic mass is 10.2. The Morgan fingerprint density at radius 2 is 2.60 bits per heavy atom. The summed E-state index contributed by atoms with van der Waals surface area (Å²) in [6, 6.07) is 3.50. The molecule has 0 unspecified atom stereocenters. The fourth-order valence-corrected chi connectivity index (χ4v) is 2.15. The van der Waals surface area contributed by atoms with E-state index in [0.717, 1.165) is 4.88 Å². The Kier molecular flexibility index (Phi) is 3.35. The van der Waals surface area contributed by atoms with E-state index in [9.17, 15) is 9.90 Å². The maximum Gasteiger partial charge on any atom is 0.323 e. The summed E-state index contributed by atoms with van der Waals surface area (Å²) in [7, 11) is 0. The number of β-amino-alcohol motifs (C(OH)–C–C–N with tert-alkyl or cyclic N) is 1. The molecule has 4 nitrogen and oxygen atoms in total. The van der Waals surface area contributed by atoms with Crippen molar-refractivity contribution in [2.45, 2.75) is 25.2 Å². The fourth-order valence-electron chi connectivity index (χ4n) is 1.53. The average Bonchev–Trinajstić information content (AvgIpc) is 2.84. The van der Waals surface area contributed by atoms with Crippen LogP contribution in [0.3, 0.4) is 0 Å². The Morgan fingerprint density at radius 3 is 3.20 bits per heavy atom. The Bertz CT molecular complexity index is 325. The molecule has 2 atom stereocenters. The van der Waals surface area contributed by atoms with E-state index >= 15 is 0 Å². The maximum atomic E-state index is 11.5. The third-order valence-corrected chi connectivity index (χ3v) is 3.18. The third-order valence-electron chi connectivity index (χ3n) is 2.33. The lowest BCUT2D eigenvalue weighted by Crippen LogP contribution is -2.32. The van der Waals surface area contributed by atoms with Crippen molar-refractivity contribution in [3.05, 3.63) is 22.4 Å². The summed E-state index contributed by atoms with van der Waals surface area (Å²) in [5.74, 6) is -0.278. The first-order chi connectivity index (χ1) is 7.25. The molecule has 0 bridgehead atoms. The van der Waals surface area contributed by atoms with Gasteiger partial charge in [-0.1, -0.05) is 6.07 Å². The van der Waals surface area contributed by atoms with E-state index in [1.54, 1.807) is 11.3 Å². The van der Waals surface area contributed by atoms with Gasteiger partial charge in [0.2, 0.25) is 0 Å². The topological polar surface area (TPSA) is 58.6 Å². The van der Waals surface area contributed by atoms with Gasteiger partial charge in [-0.25, -0.2) is 0 Å². The van der Waals surface area contributed by atoms with E-state index < -0.39 is 6.10 Å². The predicted molar refractivity (Wildman–Crippen MR) is 56.5 cm³/mol. The zero-order valence-electron chi connectivity index (χ0n) is 8.18.